The minimum atomic E-state index is -1.15. The Bertz CT molecular complexity index is 490. The average molecular weight is 313 g/mol. The van der Waals surface area contributed by atoms with Gasteiger partial charge in [-0.1, -0.05) is 0 Å². The van der Waals surface area contributed by atoms with Crippen LogP contribution in [0.25, 0.3) is 0 Å². The van der Waals surface area contributed by atoms with Gasteiger partial charge in [-0.3, -0.25) is 4.79 Å². The van der Waals surface area contributed by atoms with Gasteiger partial charge in [0.25, 0.3) is 5.91 Å². The number of ether oxygens (including phenoxy) is 4. The van der Waals surface area contributed by atoms with Gasteiger partial charge in [0.05, 0.1) is 27.9 Å². The number of carbonyl (C=O) groups excluding carboxylic acids is 1. The Balaban J connectivity index is 2.94. The Morgan fingerprint density at radius 2 is 1.68 bits per heavy atom. The van der Waals surface area contributed by atoms with E-state index >= 15 is 0 Å². The molecule has 2 N–H and O–H groups in total. The highest BCUT2D eigenvalue weighted by molar-refractivity contribution is 5.95. The molecule has 1 unspecified atom stereocenters. The van der Waals surface area contributed by atoms with Gasteiger partial charge in [-0.25, -0.2) is 0 Å². The second-order valence-corrected chi connectivity index (χ2v) is 5.03. The Kier molecular flexibility index (Phi) is 6.45. The third kappa shape index (κ3) is 4.51. The van der Waals surface area contributed by atoms with Crippen LogP contribution in [0.5, 0.6) is 17.2 Å². The maximum atomic E-state index is 12.2. The van der Waals surface area contributed by atoms with Crippen LogP contribution in [-0.4, -0.2) is 58.2 Å². The fourth-order valence-electron chi connectivity index (χ4n) is 1.95. The van der Waals surface area contributed by atoms with Crippen LogP contribution in [0.2, 0.25) is 0 Å². The molecule has 124 valence electrons. The first-order valence-electron chi connectivity index (χ1n) is 6.68. The summed E-state index contributed by atoms with van der Waals surface area (Å²) in [7, 11) is 5.92. The van der Waals surface area contributed by atoms with E-state index in [0.717, 1.165) is 0 Å². The zero-order valence-electron chi connectivity index (χ0n) is 13.6. The van der Waals surface area contributed by atoms with Crippen molar-refractivity contribution in [2.24, 2.45) is 0 Å². The van der Waals surface area contributed by atoms with E-state index in [1.807, 2.05) is 0 Å². The number of aliphatic hydroxyl groups is 1. The lowest BCUT2D eigenvalue weighted by Gasteiger charge is -2.22. The minimum absolute atomic E-state index is 0.0519. The van der Waals surface area contributed by atoms with Crippen molar-refractivity contribution in [2.75, 3.05) is 41.6 Å². The highest BCUT2D eigenvalue weighted by Gasteiger charge is 2.22. The molecule has 0 heterocycles. The van der Waals surface area contributed by atoms with Crippen LogP contribution in [0, 0.1) is 0 Å². The van der Waals surface area contributed by atoms with E-state index < -0.39 is 5.60 Å². The van der Waals surface area contributed by atoms with Crippen molar-refractivity contribution in [2.45, 2.75) is 12.5 Å². The molecular formula is C15H23NO6. The smallest absolute Gasteiger partial charge is 0.251 e. The first-order valence-corrected chi connectivity index (χ1v) is 6.68. The summed E-state index contributed by atoms with van der Waals surface area (Å²) in [6, 6.07) is 3.09. The molecule has 0 fully saturated rings. The van der Waals surface area contributed by atoms with Gasteiger partial charge >= 0.3 is 0 Å². The van der Waals surface area contributed by atoms with E-state index in [2.05, 4.69) is 5.32 Å². The summed E-state index contributed by atoms with van der Waals surface area (Å²) in [5.74, 6) is 0.815. The lowest BCUT2D eigenvalue weighted by atomic mass is 10.1. The number of rotatable bonds is 8. The predicted octanol–water partition coefficient (Wildman–Crippen LogP) is 0.840. The molecule has 0 aromatic heterocycles. The number of carbonyl (C=O) groups is 1. The van der Waals surface area contributed by atoms with Gasteiger partial charge in [-0.05, 0) is 19.1 Å². The van der Waals surface area contributed by atoms with Crippen molar-refractivity contribution in [1.82, 2.24) is 5.32 Å². The number of nitrogens with one attached hydrogen (secondary N) is 1. The van der Waals surface area contributed by atoms with Gasteiger partial charge in [0.2, 0.25) is 5.75 Å². The minimum Gasteiger partial charge on any atom is -0.493 e. The van der Waals surface area contributed by atoms with Gasteiger partial charge in [-0.15, -0.1) is 0 Å². The molecule has 1 aromatic carbocycles. The normalized spacial score (nSPS) is 13.2. The zero-order chi connectivity index (χ0) is 16.8. The topological polar surface area (TPSA) is 86.3 Å². The monoisotopic (exact) mass is 313 g/mol. The Morgan fingerprint density at radius 1 is 1.14 bits per heavy atom. The van der Waals surface area contributed by atoms with Crippen LogP contribution in [0.15, 0.2) is 12.1 Å². The average Bonchev–Trinajstić information content (AvgIpc) is 2.50. The lowest BCUT2D eigenvalue weighted by molar-refractivity contribution is -0.0147. The second-order valence-electron chi connectivity index (χ2n) is 5.03. The van der Waals surface area contributed by atoms with Crippen molar-refractivity contribution in [3.05, 3.63) is 17.7 Å². The van der Waals surface area contributed by atoms with Gasteiger partial charge < -0.3 is 29.4 Å². The first kappa shape index (κ1) is 18.1. The van der Waals surface area contributed by atoms with Crippen LogP contribution in [0.3, 0.4) is 0 Å². The molecule has 0 aliphatic carbocycles. The molecule has 7 nitrogen and oxygen atoms in total. The third-order valence-corrected chi connectivity index (χ3v) is 3.01. The lowest BCUT2D eigenvalue weighted by Crippen LogP contribution is -2.43. The van der Waals surface area contributed by atoms with E-state index in [9.17, 15) is 9.90 Å². The molecule has 1 amide bonds. The number of methoxy groups -OCH3 is 4. The fourth-order valence-corrected chi connectivity index (χ4v) is 1.95. The second kappa shape index (κ2) is 7.86. The first-order chi connectivity index (χ1) is 10.4. The number of benzene rings is 1. The molecule has 0 saturated carbocycles. The largest absolute Gasteiger partial charge is 0.493 e. The summed E-state index contributed by atoms with van der Waals surface area (Å²) in [4.78, 5) is 12.2. The van der Waals surface area contributed by atoms with E-state index in [1.165, 1.54) is 28.4 Å². The molecule has 22 heavy (non-hydrogen) atoms. The van der Waals surface area contributed by atoms with E-state index in [4.69, 9.17) is 18.9 Å². The van der Waals surface area contributed by atoms with Crippen LogP contribution < -0.4 is 19.5 Å². The maximum absolute atomic E-state index is 12.2. The zero-order valence-corrected chi connectivity index (χ0v) is 13.6. The van der Waals surface area contributed by atoms with Crippen molar-refractivity contribution in [1.29, 1.82) is 0 Å². The number of amides is 1. The molecule has 0 saturated heterocycles. The summed E-state index contributed by atoms with van der Waals surface area (Å²) in [6.45, 7) is 1.74. The molecule has 7 heteroatoms. The van der Waals surface area contributed by atoms with Crippen molar-refractivity contribution in [3.63, 3.8) is 0 Å². The molecule has 1 rings (SSSR count). The molecule has 0 aliphatic heterocycles. The summed E-state index contributed by atoms with van der Waals surface area (Å²) < 4.78 is 20.5. The number of hydrogen-bond donors (Lipinski definition) is 2. The predicted molar refractivity (Wildman–Crippen MR) is 80.9 cm³/mol. The molecular weight excluding hydrogens is 290 g/mol. The molecule has 1 atom stereocenters. The summed E-state index contributed by atoms with van der Waals surface area (Å²) >= 11 is 0. The Hall–Kier alpha value is -1.99. The molecule has 1 aromatic rings. The van der Waals surface area contributed by atoms with Crippen molar-refractivity contribution >= 4 is 5.91 Å². The van der Waals surface area contributed by atoms with E-state index in [0.29, 0.717) is 22.8 Å². The summed E-state index contributed by atoms with van der Waals surface area (Å²) in [5.41, 5.74) is -0.812. The molecule has 0 bridgehead atoms. The quantitative estimate of drug-likeness (QED) is 0.739. The van der Waals surface area contributed by atoms with Gasteiger partial charge in [-0.2, -0.15) is 0 Å². The highest BCUT2D eigenvalue weighted by Crippen LogP contribution is 2.38. The molecule has 0 spiro atoms. The van der Waals surface area contributed by atoms with Crippen LogP contribution in [0.4, 0.5) is 0 Å². The van der Waals surface area contributed by atoms with E-state index in [1.54, 1.807) is 19.1 Å². The van der Waals surface area contributed by atoms with Gasteiger partial charge in [0.15, 0.2) is 11.5 Å². The van der Waals surface area contributed by atoms with Gasteiger partial charge in [0.1, 0.15) is 5.60 Å². The van der Waals surface area contributed by atoms with Crippen LogP contribution in [-0.2, 0) is 4.74 Å². The maximum Gasteiger partial charge on any atom is 0.251 e. The van der Waals surface area contributed by atoms with E-state index in [-0.39, 0.29) is 19.1 Å². The number of hydrogen-bond acceptors (Lipinski definition) is 6. The van der Waals surface area contributed by atoms with Crippen LogP contribution >= 0.6 is 0 Å². The molecule has 0 aliphatic rings. The van der Waals surface area contributed by atoms with Gasteiger partial charge in [0, 0.05) is 19.2 Å². The SMILES string of the molecule is COCC(C)(O)CNC(=O)c1cc(OC)c(OC)c(OC)c1. The standard InChI is InChI=1S/C15H23NO6/c1-15(18,9-19-2)8-16-14(17)10-6-11(20-3)13(22-5)12(7-10)21-4/h6-7,18H,8-9H2,1-5H3,(H,16,17). The van der Waals surface area contributed by atoms with Crippen molar-refractivity contribution in [3.8, 4) is 17.2 Å². The summed E-state index contributed by atoms with van der Waals surface area (Å²) in [6.07, 6.45) is 0. The Labute approximate surface area is 130 Å². The Morgan fingerprint density at radius 3 is 2.09 bits per heavy atom. The fraction of sp³-hybridized carbons (Fsp3) is 0.533. The summed E-state index contributed by atoms with van der Waals surface area (Å²) in [5, 5.41) is 12.6. The van der Waals surface area contributed by atoms with Crippen molar-refractivity contribution < 1.29 is 28.8 Å². The third-order valence-electron chi connectivity index (χ3n) is 3.01. The highest BCUT2D eigenvalue weighted by atomic mass is 16.5. The van der Waals surface area contributed by atoms with Crippen LogP contribution in [0.1, 0.15) is 17.3 Å². The molecule has 0 radical (unpaired) electrons.